The van der Waals surface area contributed by atoms with Crippen LogP contribution in [0.1, 0.15) is 6.42 Å². The summed E-state index contributed by atoms with van der Waals surface area (Å²) in [6.45, 7) is 0. The van der Waals surface area contributed by atoms with Crippen LogP contribution in [0.5, 0.6) is 5.75 Å². The molecule has 0 fully saturated rings. The van der Waals surface area contributed by atoms with E-state index in [4.69, 9.17) is 9.94 Å². The molecule has 0 aliphatic heterocycles. The number of amides is 2. The Bertz CT molecular complexity index is 375. The van der Waals surface area contributed by atoms with Gasteiger partial charge in [-0.2, -0.15) is 0 Å². The van der Waals surface area contributed by atoms with Crippen molar-refractivity contribution >= 4 is 17.5 Å². The molecule has 0 aliphatic rings. The van der Waals surface area contributed by atoms with Gasteiger partial charge >= 0.3 is 0 Å². The predicted molar refractivity (Wildman–Crippen MR) is 56.2 cm³/mol. The molecular weight excluding hydrogens is 212 g/mol. The summed E-state index contributed by atoms with van der Waals surface area (Å²) >= 11 is 0. The molecule has 1 aromatic carbocycles. The van der Waals surface area contributed by atoms with Crippen molar-refractivity contribution < 1.29 is 19.5 Å². The Morgan fingerprint density at radius 2 is 1.88 bits per heavy atom. The zero-order chi connectivity index (χ0) is 12.0. The Hall–Kier alpha value is -2.08. The minimum absolute atomic E-state index is 0.428. The summed E-state index contributed by atoms with van der Waals surface area (Å²) < 4.78 is 4.95. The third kappa shape index (κ3) is 3.58. The van der Waals surface area contributed by atoms with Gasteiger partial charge < -0.3 is 10.1 Å². The molecule has 1 rings (SSSR count). The van der Waals surface area contributed by atoms with E-state index in [9.17, 15) is 9.59 Å². The Morgan fingerprint density at radius 3 is 2.38 bits per heavy atom. The second-order valence-corrected chi connectivity index (χ2v) is 2.99. The Kier molecular flexibility index (Phi) is 4.28. The van der Waals surface area contributed by atoms with Gasteiger partial charge in [0, 0.05) is 5.69 Å². The molecule has 0 radical (unpaired) electrons. The highest BCUT2D eigenvalue weighted by Crippen LogP contribution is 2.14. The summed E-state index contributed by atoms with van der Waals surface area (Å²) in [5.74, 6) is -0.589. The zero-order valence-corrected chi connectivity index (χ0v) is 8.69. The van der Waals surface area contributed by atoms with Crippen LogP contribution in [0.3, 0.4) is 0 Å². The predicted octanol–water partition coefficient (Wildman–Crippen LogP) is 0.529. The van der Waals surface area contributed by atoms with Crippen molar-refractivity contribution in [3.05, 3.63) is 24.3 Å². The summed E-state index contributed by atoms with van der Waals surface area (Å²) in [7, 11) is 1.54. The van der Waals surface area contributed by atoms with Crippen molar-refractivity contribution in [2.45, 2.75) is 6.42 Å². The molecule has 3 N–H and O–H groups in total. The second kappa shape index (κ2) is 5.72. The van der Waals surface area contributed by atoms with Crippen molar-refractivity contribution in [3.63, 3.8) is 0 Å². The van der Waals surface area contributed by atoms with Crippen LogP contribution in [0.2, 0.25) is 0 Å². The maximum atomic E-state index is 11.2. The summed E-state index contributed by atoms with van der Waals surface area (Å²) in [5, 5.41) is 10.7. The number of nitrogens with one attached hydrogen (secondary N) is 2. The molecule has 16 heavy (non-hydrogen) atoms. The lowest BCUT2D eigenvalue weighted by molar-refractivity contribution is -0.132. The largest absolute Gasteiger partial charge is 0.497 e. The van der Waals surface area contributed by atoms with E-state index in [1.54, 1.807) is 31.4 Å². The molecule has 6 heteroatoms. The lowest BCUT2D eigenvalue weighted by Gasteiger charge is -2.05. The molecule has 2 amide bonds. The van der Waals surface area contributed by atoms with Crippen molar-refractivity contribution in [2.24, 2.45) is 0 Å². The maximum Gasteiger partial charge on any atom is 0.252 e. The molecule has 0 saturated carbocycles. The first-order chi connectivity index (χ1) is 7.65. The minimum atomic E-state index is -0.758. The molecule has 1 aromatic rings. The van der Waals surface area contributed by atoms with E-state index in [0.29, 0.717) is 11.4 Å². The fourth-order valence-corrected chi connectivity index (χ4v) is 1.06. The fraction of sp³-hybridized carbons (Fsp3) is 0.200. The smallest absolute Gasteiger partial charge is 0.252 e. The number of ether oxygens (including phenoxy) is 1. The maximum absolute atomic E-state index is 11.2. The van der Waals surface area contributed by atoms with Gasteiger partial charge in [-0.05, 0) is 24.3 Å². The summed E-state index contributed by atoms with van der Waals surface area (Å²) in [5.41, 5.74) is 1.93. The molecule has 6 nitrogen and oxygen atoms in total. The highest BCUT2D eigenvalue weighted by Gasteiger charge is 2.08. The van der Waals surface area contributed by atoms with Crippen molar-refractivity contribution in [3.8, 4) is 5.75 Å². The van der Waals surface area contributed by atoms with Crippen LogP contribution in [-0.2, 0) is 9.59 Å². The monoisotopic (exact) mass is 224 g/mol. The molecule has 0 bridgehead atoms. The van der Waals surface area contributed by atoms with Gasteiger partial charge in [0.1, 0.15) is 12.2 Å². The normalized spacial score (nSPS) is 9.38. The van der Waals surface area contributed by atoms with E-state index in [-0.39, 0.29) is 0 Å². The lowest BCUT2D eigenvalue weighted by atomic mass is 10.3. The summed E-state index contributed by atoms with van der Waals surface area (Å²) in [6, 6.07) is 6.66. The van der Waals surface area contributed by atoms with Crippen LogP contribution >= 0.6 is 0 Å². The molecule has 86 valence electrons. The van der Waals surface area contributed by atoms with Crippen LogP contribution in [-0.4, -0.2) is 24.1 Å². The molecule has 0 spiro atoms. The fourth-order valence-electron chi connectivity index (χ4n) is 1.06. The third-order valence-corrected chi connectivity index (χ3v) is 1.82. The van der Waals surface area contributed by atoms with Crippen LogP contribution in [0.15, 0.2) is 24.3 Å². The Balaban J connectivity index is 2.52. The van der Waals surface area contributed by atoms with Crippen LogP contribution in [0.25, 0.3) is 0 Å². The van der Waals surface area contributed by atoms with E-state index >= 15 is 0 Å². The standard InChI is InChI=1S/C10H12N2O4/c1-16-8-4-2-7(3-5-8)11-9(13)6-10(14)12-15/h2-5,15H,6H2,1H3,(H,11,13)(H,12,14). The average molecular weight is 224 g/mol. The zero-order valence-electron chi connectivity index (χ0n) is 8.69. The van der Waals surface area contributed by atoms with Gasteiger partial charge in [-0.1, -0.05) is 0 Å². The molecule has 0 unspecified atom stereocenters. The first kappa shape index (κ1) is 12.0. The Labute approximate surface area is 92.2 Å². The molecule has 0 atom stereocenters. The van der Waals surface area contributed by atoms with E-state index < -0.39 is 18.2 Å². The number of anilines is 1. The van der Waals surface area contributed by atoms with Gasteiger partial charge in [0.2, 0.25) is 5.91 Å². The first-order valence-electron chi connectivity index (χ1n) is 4.52. The van der Waals surface area contributed by atoms with E-state index in [1.165, 1.54) is 5.48 Å². The van der Waals surface area contributed by atoms with Gasteiger partial charge in [0.05, 0.1) is 7.11 Å². The van der Waals surface area contributed by atoms with Crippen molar-refractivity contribution in [1.29, 1.82) is 0 Å². The third-order valence-electron chi connectivity index (χ3n) is 1.82. The SMILES string of the molecule is COc1ccc(NC(=O)CC(=O)NO)cc1. The van der Waals surface area contributed by atoms with E-state index in [1.807, 2.05) is 0 Å². The number of rotatable bonds is 4. The molecule has 0 aromatic heterocycles. The first-order valence-corrected chi connectivity index (χ1v) is 4.52. The van der Waals surface area contributed by atoms with E-state index in [0.717, 1.165) is 0 Å². The summed E-state index contributed by atoms with van der Waals surface area (Å²) in [6.07, 6.45) is -0.428. The van der Waals surface area contributed by atoms with Gasteiger partial charge in [0.25, 0.3) is 5.91 Å². The summed E-state index contributed by atoms with van der Waals surface area (Å²) in [4.78, 5) is 21.9. The highest BCUT2D eigenvalue weighted by molar-refractivity contribution is 6.03. The van der Waals surface area contributed by atoms with Crippen molar-refractivity contribution in [2.75, 3.05) is 12.4 Å². The Morgan fingerprint density at radius 1 is 1.25 bits per heavy atom. The number of hydrogen-bond acceptors (Lipinski definition) is 4. The van der Waals surface area contributed by atoms with Crippen molar-refractivity contribution in [1.82, 2.24) is 5.48 Å². The quantitative estimate of drug-likeness (QED) is 0.395. The molecule has 0 heterocycles. The van der Waals surface area contributed by atoms with Gasteiger partial charge in [-0.3, -0.25) is 14.8 Å². The van der Waals surface area contributed by atoms with Crippen LogP contribution in [0, 0.1) is 0 Å². The highest BCUT2D eigenvalue weighted by atomic mass is 16.5. The number of hydroxylamine groups is 1. The van der Waals surface area contributed by atoms with Crippen LogP contribution in [0.4, 0.5) is 5.69 Å². The van der Waals surface area contributed by atoms with Crippen LogP contribution < -0.4 is 15.5 Å². The number of hydrogen-bond donors (Lipinski definition) is 3. The minimum Gasteiger partial charge on any atom is -0.497 e. The van der Waals surface area contributed by atoms with Gasteiger partial charge in [-0.15, -0.1) is 0 Å². The average Bonchev–Trinajstić information content (AvgIpc) is 2.29. The number of carbonyl (C=O) groups is 2. The molecule has 0 aliphatic carbocycles. The number of carbonyl (C=O) groups excluding carboxylic acids is 2. The lowest BCUT2D eigenvalue weighted by Crippen LogP contribution is -2.25. The second-order valence-electron chi connectivity index (χ2n) is 2.99. The molecule has 0 saturated heterocycles. The van der Waals surface area contributed by atoms with Gasteiger partial charge in [-0.25, -0.2) is 5.48 Å². The number of methoxy groups -OCH3 is 1. The molecular formula is C10H12N2O4. The van der Waals surface area contributed by atoms with Gasteiger partial charge in [0.15, 0.2) is 0 Å². The van der Waals surface area contributed by atoms with E-state index in [2.05, 4.69) is 5.32 Å². The topological polar surface area (TPSA) is 87.7 Å². The number of benzene rings is 1.